The van der Waals surface area contributed by atoms with Crippen LogP contribution in [0.5, 0.6) is 0 Å². The van der Waals surface area contributed by atoms with Gasteiger partial charge in [-0.3, -0.25) is 0 Å². The summed E-state index contributed by atoms with van der Waals surface area (Å²) in [5, 5.41) is 1.38. The van der Waals surface area contributed by atoms with E-state index in [4.69, 9.17) is 0 Å². The average molecular weight is 254 g/mol. The molecule has 0 bridgehead atoms. The van der Waals surface area contributed by atoms with Crippen LogP contribution in [0, 0.1) is 0 Å². The van der Waals surface area contributed by atoms with Gasteiger partial charge in [-0.2, -0.15) is 0 Å². The molecule has 19 heavy (non-hydrogen) atoms. The average Bonchev–Trinajstić information content (AvgIpc) is 2.91. The Morgan fingerprint density at radius 2 is 1.84 bits per heavy atom. The molecule has 2 unspecified atom stereocenters. The van der Waals surface area contributed by atoms with Crippen LogP contribution in [0.25, 0.3) is 10.9 Å². The molecule has 2 aliphatic rings. The first-order valence-corrected chi connectivity index (χ1v) is 7.71. The van der Waals surface area contributed by atoms with E-state index in [0.717, 1.165) is 6.04 Å². The molecule has 2 nitrogen and oxygen atoms in total. The molecule has 100 valence electrons. The summed E-state index contributed by atoms with van der Waals surface area (Å²) >= 11 is 0. The Hall–Kier alpha value is -1.28. The van der Waals surface area contributed by atoms with E-state index in [1.54, 1.807) is 0 Å². The summed E-state index contributed by atoms with van der Waals surface area (Å²) < 4.78 is 2.53. The second-order valence-corrected chi connectivity index (χ2v) is 6.15. The number of fused-ring (bicyclic) bond motifs is 2. The Balaban J connectivity index is 1.62. The first-order valence-electron chi connectivity index (χ1n) is 7.71. The minimum atomic E-state index is 0.708. The number of rotatable bonds is 1. The molecule has 2 aromatic rings. The molecular formula is C17H22N2. The Morgan fingerprint density at radius 3 is 2.84 bits per heavy atom. The highest BCUT2D eigenvalue weighted by Gasteiger charge is 2.30. The van der Waals surface area contributed by atoms with E-state index < -0.39 is 0 Å². The van der Waals surface area contributed by atoms with Crippen molar-refractivity contribution in [2.24, 2.45) is 0 Å². The summed E-state index contributed by atoms with van der Waals surface area (Å²) in [5.41, 5.74) is 1.41. The van der Waals surface area contributed by atoms with Gasteiger partial charge in [0.25, 0.3) is 0 Å². The monoisotopic (exact) mass is 254 g/mol. The van der Waals surface area contributed by atoms with E-state index >= 15 is 0 Å². The molecule has 0 amide bonds. The number of benzene rings is 1. The van der Waals surface area contributed by atoms with Crippen molar-refractivity contribution in [1.29, 1.82) is 0 Å². The predicted octanol–water partition coefficient (Wildman–Crippen LogP) is 3.83. The summed E-state index contributed by atoms with van der Waals surface area (Å²) in [6, 6.07) is 12.6. The zero-order chi connectivity index (χ0) is 12.7. The molecule has 0 radical (unpaired) electrons. The van der Waals surface area contributed by atoms with Gasteiger partial charge in [-0.15, -0.1) is 0 Å². The zero-order valence-corrected chi connectivity index (χ0v) is 11.5. The van der Waals surface area contributed by atoms with Crippen LogP contribution in [0.1, 0.15) is 38.1 Å². The second-order valence-electron chi connectivity index (χ2n) is 6.15. The molecule has 0 aliphatic carbocycles. The first-order chi connectivity index (χ1) is 9.42. The highest BCUT2D eigenvalue weighted by atomic mass is 15.2. The maximum absolute atomic E-state index is 2.73. The van der Waals surface area contributed by atoms with Gasteiger partial charge in [-0.25, -0.2) is 0 Å². The van der Waals surface area contributed by atoms with Gasteiger partial charge in [0.05, 0.1) is 0 Å². The van der Waals surface area contributed by atoms with Crippen LogP contribution in [0.15, 0.2) is 36.5 Å². The third-order valence-corrected chi connectivity index (χ3v) is 5.07. The van der Waals surface area contributed by atoms with E-state index in [0.29, 0.717) is 6.04 Å². The second kappa shape index (κ2) is 4.68. The lowest BCUT2D eigenvalue weighted by molar-refractivity contribution is 0.0828. The number of piperidine rings is 2. The van der Waals surface area contributed by atoms with Gasteiger partial charge in [-0.1, -0.05) is 24.6 Å². The van der Waals surface area contributed by atoms with Gasteiger partial charge in [0, 0.05) is 30.3 Å². The summed E-state index contributed by atoms with van der Waals surface area (Å²) in [7, 11) is 0. The fourth-order valence-electron chi connectivity index (χ4n) is 4.04. The fraction of sp³-hybridized carbons (Fsp3) is 0.529. The van der Waals surface area contributed by atoms with E-state index in [1.165, 1.54) is 56.1 Å². The van der Waals surface area contributed by atoms with Crippen molar-refractivity contribution in [3.8, 4) is 0 Å². The molecule has 2 atom stereocenters. The van der Waals surface area contributed by atoms with Crippen molar-refractivity contribution in [2.45, 2.75) is 44.2 Å². The predicted molar refractivity (Wildman–Crippen MR) is 79.4 cm³/mol. The van der Waals surface area contributed by atoms with E-state index in [-0.39, 0.29) is 0 Å². The maximum atomic E-state index is 2.73. The van der Waals surface area contributed by atoms with Gasteiger partial charge in [-0.05, 0) is 49.7 Å². The molecule has 3 heterocycles. The van der Waals surface area contributed by atoms with Gasteiger partial charge >= 0.3 is 0 Å². The van der Waals surface area contributed by atoms with Gasteiger partial charge in [0.2, 0.25) is 0 Å². The van der Waals surface area contributed by atoms with E-state index in [9.17, 15) is 0 Å². The van der Waals surface area contributed by atoms with E-state index in [1.807, 2.05) is 0 Å². The minimum Gasteiger partial charge on any atom is -0.344 e. The van der Waals surface area contributed by atoms with Crippen LogP contribution in [0.2, 0.25) is 0 Å². The number of hydrogen-bond donors (Lipinski definition) is 0. The molecule has 2 saturated heterocycles. The first kappa shape index (κ1) is 11.5. The Morgan fingerprint density at radius 1 is 0.895 bits per heavy atom. The van der Waals surface area contributed by atoms with Gasteiger partial charge < -0.3 is 9.47 Å². The van der Waals surface area contributed by atoms with Crippen LogP contribution in [0.3, 0.4) is 0 Å². The smallest absolute Gasteiger partial charge is 0.0482 e. The lowest BCUT2D eigenvalue weighted by atomic mass is 9.90. The topological polar surface area (TPSA) is 8.17 Å². The number of para-hydroxylation sites is 1. The summed E-state index contributed by atoms with van der Waals surface area (Å²) in [5.74, 6) is 0. The molecule has 0 N–H and O–H groups in total. The zero-order valence-electron chi connectivity index (χ0n) is 11.5. The molecule has 0 spiro atoms. The number of hydrogen-bond acceptors (Lipinski definition) is 1. The van der Waals surface area contributed by atoms with Crippen molar-refractivity contribution >= 4 is 10.9 Å². The van der Waals surface area contributed by atoms with Crippen LogP contribution in [-0.2, 0) is 0 Å². The molecule has 1 aromatic heterocycles. The maximum Gasteiger partial charge on any atom is 0.0482 e. The van der Waals surface area contributed by atoms with Crippen LogP contribution in [0.4, 0.5) is 0 Å². The number of nitrogens with zero attached hydrogens (tertiary/aromatic N) is 2. The van der Waals surface area contributed by atoms with Crippen molar-refractivity contribution in [1.82, 2.24) is 9.47 Å². The molecule has 0 saturated carbocycles. The van der Waals surface area contributed by atoms with Gasteiger partial charge in [0.1, 0.15) is 0 Å². The normalized spacial score (nSPS) is 28.4. The standard InChI is InChI=1S/C17H22N2/c1-2-7-17-14(5-1)8-12-19(17)16-9-11-18-10-4-3-6-15(18)13-16/h1-2,5,7-8,12,15-16H,3-4,6,9-11,13H2. The van der Waals surface area contributed by atoms with Gasteiger partial charge in [0.15, 0.2) is 0 Å². The largest absolute Gasteiger partial charge is 0.344 e. The highest BCUT2D eigenvalue weighted by molar-refractivity contribution is 5.80. The van der Waals surface area contributed by atoms with Crippen LogP contribution in [-0.4, -0.2) is 28.6 Å². The third kappa shape index (κ3) is 1.99. The SMILES string of the molecule is c1ccc2c(c1)ccn2C1CCN2CCCCC2C1. The van der Waals surface area contributed by atoms with Crippen molar-refractivity contribution in [2.75, 3.05) is 13.1 Å². The molecule has 2 aliphatic heterocycles. The lowest BCUT2D eigenvalue weighted by Gasteiger charge is -2.43. The molecule has 1 aromatic carbocycles. The summed E-state index contributed by atoms with van der Waals surface area (Å²) in [6.07, 6.45) is 9.21. The number of aromatic nitrogens is 1. The summed E-state index contributed by atoms with van der Waals surface area (Å²) in [6.45, 7) is 2.63. The van der Waals surface area contributed by atoms with Crippen LogP contribution >= 0.6 is 0 Å². The molecule has 2 fully saturated rings. The third-order valence-electron chi connectivity index (χ3n) is 5.07. The Bertz CT molecular complexity index is 571. The molecule has 2 heteroatoms. The van der Waals surface area contributed by atoms with Crippen molar-refractivity contribution in [3.63, 3.8) is 0 Å². The lowest BCUT2D eigenvalue weighted by Crippen LogP contribution is -2.45. The van der Waals surface area contributed by atoms with Crippen molar-refractivity contribution in [3.05, 3.63) is 36.5 Å². The highest BCUT2D eigenvalue weighted by Crippen LogP contribution is 2.34. The fourth-order valence-corrected chi connectivity index (χ4v) is 4.04. The molecular weight excluding hydrogens is 232 g/mol. The quantitative estimate of drug-likeness (QED) is 0.751. The minimum absolute atomic E-state index is 0.708. The Kier molecular flexibility index (Phi) is 2.84. The van der Waals surface area contributed by atoms with Crippen LogP contribution < -0.4 is 0 Å². The molecule has 4 rings (SSSR count). The van der Waals surface area contributed by atoms with E-state index in [2.05, 4.69) is 46.0 Å². The van der Waals surface area contributed by atoms with Crippen molar-refractivity contribution < 1.29 is 0 Å². The summed E-state index contributed by atoms with van der Waals surface area (Å²) in [4.78, 5) is 2.73. The Labute approximate surface area is 115 Å².